The van der Waals surface area contributed by atoms with Crippen molar-refractivity contribution in [2.45, 2.75) is 0 Å². The number of hydrogen-bond acceptors (Lipinski definition) is 3. The van der Waals surface area contributed by atoms with Gasteiger partial charge in [-0.05, 0) is 28.1 Å². The lowest BCUT2D eigenvalue weighted by atomic mass is 10.1. The maximum absolute atomic E-state index is 11.1. The Hall–Kier alpha value is -1.62. The monoisotopic (exact) mass is 294 g/mol. The molecule has 0 amide bonds. The summed E-state index contributed by atoms with van der Waals surface area (Å²) in [6, 6.07) is 7.46. The molecule has 0 spiro atoms. The van der Waals surface area contributed by atoms with Crippen molar-refractivity contribution < 1.29 is 9.53 Å². The van der Waals surface area contributed by atoms with Gasteiger partial charge in [0.25, 0.3) is 0 Å². The highest BCUT2D eigenvalue weighted by Gasteiger charge is 2.15. The molecule has 0 aliphatic rings. The molecule has 5 heteroatoms. The first-order chi connectivity index (χ1) is 8.17. The summed E-state index contributed by atoms with van der Waals surface area (Å²) in [6.45, 7) is 0. The topological polar surface area (TPSA) is 44.1 Å². The maximum Gasteiger partial charge on any atom is 0.155 e. The van der Waals surface area contributed by atoms with E-state index in [0.717, 1.165) is 17.6 Å². The van der Waals surface area contributed by atoms with Gasteiger partial charge in [0.1, 0.15) is 16.0 Å². The van der Waals surface area contributed by atoms with Crippen LogP contribution in [0.15, 0.2) is 28.9 Å². The van der Waals surface area contributed by atoms with E-state index >= 15 is 0 Å². The van der Waals surface area contributed by atoms with E-state index in [9.17, 15) is 4.79 Å². The summed E-state index contributed by atoms with van der Waals surface area (Å²) in [5.41, 5.74) is 2.04. The van der Waals surface area contributed by atoms with Crippen molar-refractivity contribution in [3.05, 3.63) is 34.4 Å². The molecule has 0 fully saturated rings. The van der Waals surface area contributed by atoms with E-state index in [2.05, 4.69) is 21.0 Å². The number of aromatic nitrogens is 2. The molecule has 17 heavy (non-hydrogen) atoms. The van der Waals surface area contributed by atoms with Crippen molar-refractivity contribution >= 4 is 22.2 Å². The SMILES string of the molecule is COc1cccc(-c2nn(C)c(Br)c2C=O)c1. The Morgan fingerprint density at radius 2 is 2.24 bits per heavy atom. The van der Waals surface area contributed by atoms with Gasteiger partial charge in [-0.3, -0.25) is 9.48 Å². The smallest absolute Gasteiger partial charge is 0.155 e. The van der Waals surface area contributed by atoms with Crippen molar-refractivity contribution in [1.82, 2.24) is 9.78 Å². The number of methoxy groups -OCH3 is 1. The van der Waals surface area contributed by atoms with Gasteiger partial charge < -0.3 is 4.74 Å². The Morgan fingerprint density at radius 1 is 1.47 bits per heavy atom. The Morgan fingerprint density at radius 3 is 2.88 bits per heavy atom. The van der Waals surface area contributed by atoms with E-state index in [-0.39, 0.29) is 0 Å². The number of benzene rings is 1. The number of hydrogen-bond donors (Lipinski definition) is 0. The van der Waals surface area contributed by atoms with Gasteiger partial charge >= 0.3 is 0 Å². The molecule has 1 aromatic carbocycles. The minimum absolute atomic E-state index is 0.542. The van der Waals surface area contributed by atoms with Crippen LogP contribution >= 0.6 is 15.9 Å². The third-order valence-electron chi connectivity index (χ3n) is 2.47. The van der Waals surface area contributed by atoms with E-state index in [4.69, 9.17) is 4.74 Å². The number of aldehydes is 1. The summed E-state index contributed by atoms with van der Waals surface area (Å²) in [5.74, 6) is 0.737. The maximum atomic E-state index is 11.1. The van der Waals surface area contributed by atoms with Crippen molar-refractivity contribution in [1.29, 1.82) is 0 Å². The predicted octanol–water partition coefficient (Wildman–Crippen LogP) is 2.67. The summed E-state index contributed by atoms with van der Waals surface area (Å²) in [5, 5.41) is 4.31. The Kier molecular flexibility index (Phi) is 3.28. The molecule has 0 unspecified atom stereocenters. The van der Waals surface area contributed by atoms with Gasteiger partial charge in [-0.2, -0.15) is 5.10 Å². The fourth-order valence-corrected chi connectivity index (χ4v) is 1.97. The fourth-order valence-electron chi connectivity index (χ4n) is 1.61. The Bertz CT molecular complexity index is 564. The van der Waals surface area contributed by atoms with Crippen LogP contribution in [0.2, 0.25) is 0 Å². The first-order valence-electron chi connectivity index (χ1n) is 4.99. The molecule has 88 valence electrons. The molecule has 1 aromatic heterocycles. The normalized spacial score (nSPS) is 10.3. The molecule has 0 saturated heterocycles. The van der Waals surface area contributed by atoms with E-state index in [1.54, 1.807) is 18.8 Å². The first kappa shape index (κ1) is 11.9. The van der Waals surface area contributed by atoms with Gasteiger partial charge in [0.2, 0.25) is 0 Å². The van der Waals surface area contributed by atoms with E-state index in [1.165, 1.54) is 0 Å². The number of carbonyl (C=O) groups excluding carboxylic acids is 1. The summed E-state index contributed by atoms with van der Waals surface area (Å²) in [4.78, 5) is 11.1. The van der Waals surface area contributed by atoms with Gasteiger partial charge in [-0.15, -0.1) is 0 Å². The standard InChI is InChI=1S/C12H11BrN2O2/c1-15-12(13)10(7-16)11(14-15)8-4-3-5-9(6-8)17-2/h3-7H,1-2H3. The predicted molar refractivity (Wildman–Crippen MR) is 68.3 cm³/mol. The second-order valence-corrected chi connectivity index (χ2v) is 4.28. The van der Waals surface area contributed by atoms with Crippen LogP contribution in [0.3, 0.4) is 0 Å². The van der Waals surface area contributed by atoms with Gasteiger partial charge in [0.15, 0.2) is 6.29 Å². The van der Waals surface area contributed by atoms with Gasteiger partial charge in [0, 0.05) is 12.6 Å². The third-order valence-corrected chi connectivity index (χ3v) is 3.41. The highest BCUT2D eigenvalue weighted by molar-refractivity contribution is 9.10. The number of nitrogens with zero attached hydrogens (tertiary/aromatic N) is 2. The van der Waals surface area contributed by atoms with Crippen LogP contribution in [-0.4, -0.2) is 23.2 Å². The molecule has 4 nitrogen and oxygen atoms in total. The molecular weight excluding hydrogens is 284 g/mol. The molecular formula is C12H11BrN2O2. The second kappa shape index (κ2) is 4.71. The van der Waals surface area contributed by atoms with Gasteiger partial charge in [0.05, 0.1) is 12.7 Å². The third kappa shape index (κ3) is 2.10. The lowest BCUT2D eigenvalue weighted by Crippen LogP contribution is -1.90. The number of carbonyl (C=O) groups is 1. The number of ether oxygens (including phenoxy) is 1. The van der Waals surface area contributed by atoms with Crippen molar-refractivity contribution in [3.8, 4) is 17.0 Å². The molecule has 0 saturated carbocycles. The van der Waals surface area contributed by atoms with E-state index in [0.29, 0.717) is 15.9 Å². The summed E-state index contributed by atoms with van der Waals surface area (Å²) >= 11 is 3.33. The fraction of sp³-hybridized carbons (Fsp3) is 0.167. The van der Waals surface area contributed by atoms with Crippen molar-refractivity contribution in [2.75, 3.05) is 7.11 Å². The molecule has 1 heterocycles. The van der Waals surface area contributed by atoms with Crippen molar-refractivity contribution in [2.24, 2.45) is 7.05 Å². The molecule has 0 aliphatic carbocycles. The highest BCUT2D eigenvalue weighted by atomic mass is 79.9. The molecule has 0 radical (unpaired) electrons. The van der Waals surface area contributed by atoms with E-state index < -0.39 is 0 Å². The number of aryl methyl sites for hydroxylation is 1. The van der Waals surface area contributed by atoms with Crippen LogP contribution in [0.4, 0.5) is 0 Å². The summed E-state index contributed by atoms with van der Waals surface area (Å²) in [7, 11) is 3.38. The van der Waals surface area contributed by atoms with Crippen molar-refractivity contribution in [3.63, 3.8) is 0 Å². The molecule has 0 aliphatic heterocycles. The van der Waals surface area contributed by atoms with Crippen LogP contribution in [-0.2, 0) is 7.05 Å². The minimum Gasteiger partial charge on any atom is -0.497 e. The quantitative estimate of drug-likeness (QED) is 0.818. The molecule has 0 atom stereocenters. The zero-order chi connectivity index (χ0) is 12.4. The number of halogens is 1. The van der Waals surface area contributed by atoms with E-state index in [1.807, 2.05) is 24.3 Å². The molecule has 2 rings (SSSR count). The lowest BCUT2D eigenvalue weighted by Gasteiger charge is -2.02. The van der Waals surface area contributed by atoms with Crippen LogP contribution in [0, 0.1) is 0 Å². The largest absolute Gasteiger partial charge is 0.497 e. The minimum atomic E-state index is 0.542. The molecule has 2 aromatic rings. The zero-order valence-electron chi connectivity index (χ0n) is 9.48. The average Bonchev–Trinajstić information content (AvgIpc) is 2.65. The number of rotatable bonds is 3. The molecule has 0 N–H and O–H groups in total. The van der Waals surface area contributed by atoms with Gasteiger partial charge in [-0.25, -0.2) is 0 Å². The second-order valence-electron chi connectivity index (χ2n) is 3.53. The highest BCUT2D eigenvalue weighted by Crippen LogP contribution is 2.29. The summed E-state index contributed by atoms with van der Waals surface area (Å²) in [6.07, 6.45) is 0.798. The Balaban J connectivity index is 2.59. The first-order valence-corrected chi connectivity index (χ1v) is 5.78. The van der Waals surface area contributed by atoms with Crippen LogP contribution in [0.5, 0.6) is 5.75 Å². The van der Waals surface area contributed by atoms with Crippen LogP contribution < -0.4 is 4.74 Å². The van der Waals surface area contributed by atoms with Gasteiger partial charge in [-0.1, -0.05) is 12.1 Å². The lowest BCUT2D eigenvalue weighted by molar-refractivity contribution is 0.112. The molecule has 0 bridgehead atoms. The average molecular weight is 295 g/mol. The van der Waals surface area contributed by atoms with Crippen LogP contribution in [0.1, 0.15) is 10.4 Å². The zero-order valence-corrected chi connectivity index (χ0v) is 11.1. The summed E-state index contributed by atoms with van der Waals surface area (Å²) < 4.78 is 7.45. The van der Waals surface area contributed by atoms with Crippen LogP contribution in [0.25, 0.3) is 11.3 Å². The Labute approximate surface area is 107 Å².